The molecule has 2 aliphatic rings. The molecular weight excluding hydrogens is 266 g/mol. The standard InChI is InChI=1S/C13H10ClN3O2/c14-9-4-8(3-7-1-2-15-12(7)9)10-5-11(13(18)19)17-6-16-10/h1-7,12,15H,(H,18,19). The van der Waals surface area contributed by atoms with Crippen molar-refractivity contribution in [2.24, 2.45) is 5.92 Å². The molecule has 0 aromatic carbocycles. The van der Waals surface area contributed by atoms with Gasteiger partial charge in [-0.05, 0) is 23.9 Å². The third-order valence-electron chi connectivity index (χ3n) is 3.12. The molecule has 3 rings (SSSR count). The van der Waals surface area contributed by atoms with Gasteiger partial charge in [-0.25, -0.2) is 14.8 Å². The molecule has 1 aliphatic heterocycles. The van der Waals surface area contributed by atoms with Crippen molar-refractivity contribution < 1.29 is 9.90 Å². The fourth-order valence-electron chi connectivity index (χ4n) is 2.19. The quantitative estimate of drug-likeness (QED) is 0.861. The number of aromatic carboxylic acids is 1. The predicted molar refractivity (Wildman–Crippen MR) is 70.5 cm³/mol. The van der Waals surface area contributed by atoms with Gasteiger partial charge in [-0.15, -0.1) is 0 Å². The molecule has 1 aromatic heterocycles. The summed E-state index contributed by atoms with van der Waals surface area (Å²) in [4.78, 5) is 18.7. The van der Waals surface area contributed by atoms with Crippen molar-refractivity contribution in [1.29, 1.82) is 0 Å². The van der Waals surface area contributed by atoms with Crippen LogP contribution in [0.4, 0.5) is 0 Å². The highest BCUT2D eigenvalue weighted by Gasteiger charge is 2.27. The van der Waals surface area contributed by atoms with Gasteiger partial charge in [-0.1, -0.05) is 23.8 Å². The summed E-state index contributed by atoms with van der Waals surface area (Å²) in [5.74, 6) is -0.911. The predicted octanol–water partition coefficient (Wildman–Crippen LogP) is 1.80. The van der Waals surface area contributed by atoms with Crippen LogP contribution in [-0.4, -0.2) is 27.1 Å². The van der Waals surface area contributed by atoms with Gasteiger partial charge >= 0.3 is 5.97 Å². The summed E-state index contributed by atoms with van der Waals surface area (Å²) >= 11 is 6.22. The molecule has 0 spiro atoms. The lowest BCUT2D eigenvalue weighted by atomic mass is 9.91. The summed E-state index contributed by atoms with van der Waals surface area (Å²) in [7, 11) is 0. The van der Waals surface area contributed by atoms with Gasteiger partial charge in [0, 0.05) is 11.0 Å². The number of nitrogens with zero attached hydrogens (tertiary/aromatic N) is 2. The first-order valence-corrected chi connectivity index (χ1v) is 6.10. The number of allylic oxidation sites excluding steroid dienone is 2. The average molecular weight is 276 g/mol. The third kappa shape index (κ3) is 2.13. The van der Waals surface area contributed by atoms with Gasteiger partial charge in [0.25, 0.3) is 0 Å². The van der Waals surface area contributed by atoms with Crippen LogP contribution in [0, 0.1) is 5.92 Å². The van der Waals surface area contributed by atoms with Crippen LogP contribution in [0.2, 0.25) is 0 Å². The molecule has 6 heteroatoms. The SMILES string of the molecule is O=C(O)c1cc(C2=CC3C=CNC3C(Cl)=C2)ncn1. The molecule has 1 aliphatic carbocycles. The van der Waals surface area contributed by atoms with Crippen molar-refractivity contribution in [3.05, 3.63) is 53.2 Å². The molecule has 0 bridgehead atoms. The summed E-state index contributed by atoms with van der Waals surface area (Å²) in [6.45, 7) is 0. The second kappa shape index (κ2) is 4.51. The second-order valence-corrected chi connectivity index (χ2v) is 4.76. The zero-order valence-corrected chi connectivity index (χ0v) is 10.5. The Bertz CT molecular complexity index is 637. The minimum atomic E-state index is -1.07. The number of nitrogens with one attached hydrogen (secondary N) is 1. The lowest BCUT2D eigenvalue weighted by Gasteiger charge is -2.22. The molecule has 1 aromatic rings. The first-order chi connectivity index (χ1) is 9.15. The maximum Gasteiger partial charge on any atom is 0.354 e. The Labute approximate surface area is 114 Å². The number of fused-ring (bicyclic) bond motifs is 1. The summed E-state index contributed by atoms with van der Waals surface area (Å²) < 4.78 is 0. The molecule has 0 amide bonds. The van der Waals surface area contributed by atoms with Crippen LogP contribution in [0.15, 0.2) is 41.9 Å². The van der Waals surface area contributed by atoms with Crippen molar-refractivity contribution in [3.8, 4) is 0 Å². The Hall–Kier alpha value is -2.14. The van der Waals surface area contributed by atoms with E-state index in [9.17, 15) is 4.79 Å². The summed E-state index contributed by atoms with van der Waals surface area (Å²) in [5.41, 5.74) is 1.34. The maximum atomic E-state index is 10.9. The molecule has 96 valence electrons. The van der Waals surface area contributed by atoms with Gasteiger partial charge < -0.3 is 10.4 Å². The summed E-state index contributed by atoms with van der Waals surface area (Å²) in [6, 6.07) is 1.52. The van der Waals surface area contributed by atoms with E-state index in [0.29, 0.717) is 10.7 Å². The fraction of sp³-hybridized carbons (Fsp3) is 0.154. The number of rotatable bonds is 2. The molecule has 2 N–H and O–H groups in total. The molecule has 19 heavy (non-hydrogen) atoms. The highest BCUT2D eigenvalue weighted by atomic mass is 35.5. The van der Waals surface area contributed by atoms with E-state index < -0.39 is 5.97 Å². The Morgan fingerprint density at radius 3 is 3.05 bits per heavy atom. The molecular formula is C13H10ClN3O2. The first-order valence-electron chi connectivity index (χ1n) is 5.72. The van der Waals surface area contributed by atoms with Crippen LogP contribution in [0.3, 0.4) is 0 Å². The zero-order chi connectivity index (χ0) is 13.4. The van der Waals surface area contributed by atoms with Crippen molar-refractivity contribution in [3.63, 3.8) is 0 Å². The van der Waals surface area contributed by atoms with Crippen LogP contribution in [0.5, 0.6) is 0 Å². The van der Waals surface area contributed by atoms with E-state index in [1.807, 2.05) is 18.4 Å². The Morgan fingerprint density at radius 1 is 1.42 bits per heavy atom. The van der Waals surface area contributed by atoms with Crippen molar-refractivity contribution in [2.45, 2.75) is 6.04 Å². The van der Waals surface area contributed by atoms with E-state index in [1.54, 1.807) is 6.08 Å². The lowest BCUT2D eigenvalue weighted by molar-refractivity contribution is 0.0690. The number of carbonyl (C=O) groups is 1. The van der Waals surface area contributed by atoms with Gasteiger partial charge in [-0.3, -0.25) is 0 Å². The van der Waals surface area contributed by atoms with Gasteiger partial charge in [0.2, 0.25) is 0 Å². The molecule has 0 saturated heterocycles. The molecule has 2 atom stereocenters. The fourth-order valence-corrected chi connectivity index (χ4v) is 2.52. The van der Waals surface area contributed by atoms with E-state index in [1.165, 1.54) is 12.4 Å². The minimum absolute atomic E-state index is 0.0300. The van der Waals surface area contributed by atoms with Gasteiger partial charge in [0.05, 0.1) is 11.7 Å². The highest BCUT2D eigenvalue weighted by Crippen LogP contribution is 2.33. The average Bonchev–Trinajstić information content (AvgIpc) is 2.87. The number of hydrogen-bond donors (Lipinski definition) is 2. The zero-order valence-electron chi connectivity index (χ0n) is 9.75. The van der Waals surface area contributed by atoms with Crippen LogP contribution < -0.4 is 5.32 Å². The molecule has 2 heterocycles. The van der Waals surface area contributed by atoms with Crippen LogP contribution in [-0.2, 0) is 0 Å². The van der Waals surface area contributed by atoms with Crippen molar-refractivity contribution >= 4 is 23.1 Å². The second-order valence-electron chi connectivity index (χ2n) is 4.33. The number of carboxylic acid groups (broad SMARTS) is 1. The number of aromatic nitrogens is 2. The Balaban J connectivity index is 2.00. The van der Waals surface area contributed by atoms with Crippen molar-refractivity contribution in [2.75, 3.05) is 0 Å². The van der Waals surface area contributed by atoms with Crippen LogP contribution in [0.25, 0.3) is 5.57 Å². The van der Waals surface area contributed by atoms with E-state index >= 15 is 0 Å². The minimum Gasteiger partial charge on any atom is -0.477 e. The van der Waals surface area contributed by atoms with Crippen LogP contribution in [0.1, 0.15) is 16.2 Å². The maximum absolute atomic E-state index is 10.9. The van der Waals surface area contributed by atoms with Crippen molar-refractivity contribution in [1.82, 2.24) is 15.3 Å². The molecule has 0 fully saturated rings. The number of halogens is 1. The third-order valence-corrected chi connectivity index (χ3v) is 3.47. The topological polar surface area (TPSA) is 75.1 Å². The Kier molecular flexibility index (Phi) is 2.83. The Morgan fingerprint density at radius 2 is 2.26 bits per heavy atom. The van der Waals surface area contributed by atoms with E-state index in [2.05, 4.69) is 15.3 Å². The number of carboxylic acids is 1. The van der Waals surface area contributed by atoms with Crippen LogP contribution >= 0.6 is 11.6 Å². The van der Waals surface area contributed by atoms with Gasteiger partial charge in [0.15, 0.2) is 5.69 Å². The molecule has 2 unspecified atom stereocenters. The van der Waals surface area contributed by atoms with Gasteiger partial charge in [0.1, 0.15) is 6.33 Å². The summed E-state index contributed by atoms with van der Waals surface area (Å²) in [6.07, 6.45) is 8.95. The lowest BCUT2D eigenvalue weighted by Crippen LogP contribution is -2.28. The number of hydrogen-bond acceptors (Lipinski definition) is 4. The molecule has 0 radical (unpaired) electrons. The van der Waals surface area contributed by atoms with Gasteiger partial charge in [-0.2, -0.15) is 0 Å². The largest absolute Gasteiger partial charge is 0.477 e. The smallest absolute Gasteiger partial charge is 0.354 e. The molecule has 0 saturated carbocycles. The molecule has 5 nitrogen and oxygen atoms in total. The normalized spacial score (nSPS) is 24.3. The first kappa shape index (κ1) is 11.9. The van der Waals surface area contributed by atoms with E-state index in [4.69, 9.17) is 16.7 Å². The van der Waals surface area contributed by atoms with E-state index in [0.717, 1.165) is 5.57 Å². The summed E-state index contributed by atoms with van der Waals surface area (Å²) in [5, 5.41) is 12.8. The monoisotopic (exact) mass is 275 g/mol. The highest BCUT2D eigenvalue weighted by molar-refractivity contribution is 6.31. The van der Waals surface area contributed by atoms with E-state index in [-0.39, 0.29) is 17.7 Å².